The maximum atomic E-state index is 9.80. The van der Waals surface area contributed by atoms with Crippen LogP contribution in [0.4, 0.5) is 0 Å². The topological polar surface area (TPSA) is 29.5 Å². The van der Waals surface area contributed by atoms with Crippen molar-refractivity contribution in [3.8, 4) is 0 Å². The lowest BCUT2D eigenvalue weighted by Crippen LogP contribution is -2.36. The monoisotopic (exact) mass is 236 g/mol. The Morgan fingerprint density at radius 1 is 1.24 bits per heavy atom. The fourth-order valence-corrected chi connectivity index (χ4v) is 1.83. The summed E-state index contributed by atoms with van der Waals surface area (Å²) >= 11 is 0. The van der Waals surface area contributed by atoms with Crippen molar-refractivity contribution in [1.82, 2.24) is 0 Å². The molecule has 0 aliphatic carbocycles. The molecule has 2 heteroatoms. The Morgan fingerprint density at radius 3 is 2.71 bits per heavy atom. The first-order valence-electron chi connectivity index (χ1n) is 6.53. The van der Waals surface area contributed by atoms with E-state index < -0.39 is 0 Å². The minimum absolute atomic E-state index is 0.143. The highest BCUT2D eigenvalue weighted by Gasteiger charge is 2.25. The van der Waals surface area contributed by atoms with Gasteiger partial charge in [0.2, 0.25) is 0 Å². The maximum Gasteiger partial charge on any atom is 0.102 e. The first-order chi connectivity index (χ1) is 8.24. The van der Waals surface area contributed by atoms with Gasteiger partial charge in [-0.25, -0.2) is 0 Å². The van der Waals surface area contributed by atoms with Crippen LogP contribution in [0.5, 0.6) is 0 Å². The number of hydrogen-bond donors (Lipinski definition) is 1. The van der Waals surface area contributed by atoms with Gasteiger partial charge in [0.15, 0.2) is 0 Å². The predicted molar refractivity (Wildman–Crippen MR) is 71.9 cm³/mol. The molecule has 0 saturated carbocycles. The van der Waals surface area contributed by atoms with Crippen LogP contribution in [0.15, 0.2) is 36.5 Å². The fourth-order valence-electron chi connectivity index (χ4n) is 1.83. The molecular weight excluding hydrogens is 212 g/mol. The Bertz CT molecular complexity index is 279. The van der Waals surface area contributed by atoms with Gasteiger partial charge in [0.25, 0.3) is 0 Å². The van der Waals surface area contributed by atoms with Crippen LogP contribution in [0, 0.1) is 5.92 Å². The van der Waals surface area contributed by atoms with Gasteiger partial charge in [-0.05, 0) is 18.8 Å². The normalized spacial score (nSPS) is 30.9. The zero-order chi connectivity index (χ0) is 12.5. The second kappa shape index (κ2) is 8.26. The summed E-state index contributed by atoms with van der Waals surface area (Å²) in [5.41, 5.74) is 0. The molecule has 0 aromatic carbocycles. The lowest BCUT2D eigenvalue weighted by molar-refractivity contribution is -0.0711. The van der Waals surface area contributed by atoms with Gasteiger partial charge < -0.3 is 9.84 Å². The number of aliphatic hydroxyl groups excluding tert-OH is 1. The summed E-state index contributed by atoms with van der Waals surface area (Å²) in [5, 5.41) is 9.80. The third-order valence-electron chi connectivity index (χ3n) is 2.82. The zero-order valence-corrected chi connectivity index (χ0v) is 10.9. The number of hydrogen-bond acceptors (Lipinski definition) is 2. The molecule has 0 bridgehead atoms. The molecule has 1 aliphatic rings. The molecule has 1 rings (SSSR count). The van der Waals surface area contributed by atoms with Gasteiger partial charge in [-0.3, -0.25) is 0 Å². The largest absolute Gasteiger partial charge is 0.390 e. The molecule has 0 amide bonds. The van der Waals surface area contributed by atoms with E-state index in [1.54, 1.807) is 0 Å². The summed E-state index contributed by atoms with van der Waals surface area (Å²) < 4.78 is 5.56. The summed E-state index contributed by atoms with van der Waals surface area (Å²) in [6.07, 6.45) is 14.7. The lowest BCUT2D eigenvalue weighted by atomic mass is 9.97. The first-order valence-corrected chi connectivity index (χ1v) is 6.53. The van der Waals surface area contributed by atoms with E-state index >= 15 is 0 Å². The van der Waals surface area contributed by atoms with Crippen LogP contribution in [0.3, 0.4) is 0 Å². The Labute approximate surface area is 105 Å². The minimum atomic E-state index is -0.362. The Kier molecular flexibility index (Phi) is 6.90. The number of aliphatic hydroxyl groups is 1. The van der Waals surface area contributed by atoms with Gasteiger partial charge in [-0.15, -0.1) is 0 Å². The van der Waals surface area contributed by atoms with Crippen LogP contribution in [-0.2, 0) is 4.74 Å². The van der Waals surface area contributed by atoms with Crippen molar-refractivity contribution in [3.05, 3.63) is 36.5 Å². The van der Waals surface area contributed by atoms with E-state index in [4.69, 9.17) is 4.74 Å². The Morgan fingerprint density at radius 2 is 2.00 bits per heavy atom. The van der Waals surface area contributed by atoms with Crippen molar-refractivity contribution < 1.29 is 9.84 Å². The number of allylic oxidation sites excluding steroid dienone is 5. The second-order valence-electron chi connectivity index (χ2n) is 4.69. The number of ether oxygens (including phenoxy) is 1. The molecule has 0 spiro atoms. The molecular formula is C15H24O2. The summed E-state index contributed by atoms with van der Waals surface area (Å²) in [4.78, 5) is 0. The molecule has 2 nitrogen and oxygen atoms in total. The van der Waals surface area contributed by atoms with Gasteiger partial charge in [-0.1, -0.05) is 56.7 Å². The van der Waals surface area contributed by atoms with Crippen molar-refractivity contribution in [2.45, 2.75) is 45.3 Å². The van der Waals surface area contributed by atoms with Gasteiger partial charge >= 0.3 is 0 Å². The minimum Gasteiger partial charge on any atom is -0.390 e. The third kappa shape index (κ3) is 5.85. The average Bonchev–Trinajstić information content (AvgIpc) is 2.30. The molecule has 1 aliphatic heterocycles. The van der Waals surface area contributed by atoms with E-state index in [0.717, 1.165) is 19.4 Å². The van der Waals surface area contributed by atoms with Gasteiger partial charge in [0.05, 0.1) is 12.7 Å². The van der Waals surface area contributed by atoms with Crippen molar-refractivity contribution in [3.63, 3.8) is 0 Å². The molecule has 96 valence electrons. The van der Waals surface area contributed by atoms with Crippen LogP contribution in [0.2, 0.25) is 0 Å². The van der Waals surface area contributed by atoms with Crippen molar-refractivity contribution >= 4 is 0 Å². The van der Waals surface area contributed by atoms with Crippen LogP contribution in [0.1, 0.15) is 33.1 Å². The van der Waals surface area contributed by atoms with E-state index in [2.05, 4.69) is 19.9 Å². The smallest absolute Gasteiger partial charge is 0.102 e. The zero-order valence-electron chi connectivity index (χ0n) is 10.9. The summed E-state index contributed by atoms with van der Waals surface area (Å²) in [6, 6.07) is 0. The quantitative estimate of drug-likeness (QED) is 0.743. The van der Waals surface area contributed by atoms with Gasteiger partial charge in [0.1, 0.15) is 6.10 Å². The highest BCUT2D eigenvalue weighted by Crippen LogP contribution is 2.19. The Balaban J connectivity index is 2.28. The highest BCUT2D eigenvalue weighted by molar-refractivity contribution is 5.13. The van der Waals surface area contributed by atoms with Crippen molar-refractivity contribution in [2.24, 2.45) is 5.92 Å². The number of rotatable bonds is 5. The SMILES string of the molecule is CCCC=CC=CC=C[C@@H]1OC[C@@H](C)C[C@H]1O. The van der Waals surface area contributed by atoms with E-state index in [-0.39, 0.29) is 12.2 Å². The van der Waals surface area contributed by atoms with Crippen LogP contribution < -0.4 is 0 Å². The van der Waals surface area contributed by atoms with Crippen molar-refractivity contribution in [1.29, 1.82) is 0 Å². The van der Waals surface area contributed by atoms with E-state index in [1.165, 1.54) is 6.42 Å². The summed E-state index contributed by atoms with van der Waals surface area (Å²) in [5.74, 6) is 0.460. The third-order valence-corrected chi connectivity index (χ3v) is 2.82. The van der Waals surface area contributed by atoms with Crippen LogP contribution in [-0.4, -0.2) is 23.9 Å². The summed E-state index contributed by atoms with van der Waals surface area (Å²) in [6.45, 7) is 5.00. The fraction of sp³-hybridized carbons (Fsp3) is 0.600. The molecule has 0 radical (unpaired) electrons. The van der Waals surface area contributed by atoms with Crippen LogP contribution in [0.25, 0.3) is 0 Å². The summed E-state index contributed by atoms with van der Waals surface area (Å²) in [7, 11) is 0. The molecule has 1 heterocycles. The predicted octanol–water partition coefficient (Wildman–Crippen LogP) is 3.24. The molecule has 1 fully saturated rings. The molecule has 17 heavy (non-hydrogen) atoms. The molecule has 1 N–H and O–H groups in total. The molecule has 3 atom stereocenters. The standard InChI is InChI=1S/C15H24O2/c1-3-4-5-6-7-8-9-10-15-14(16)11-13(2)12-17-15/h5-10,13-16H,3-4,11-12H2,1-2H3/t13-,14+,15-/m0/s1. The highest BCUT2D eigenvalue weighted by atomic mass is 16.5. The van der Waals surface area contributed by atoms with Crippen LogP contribution >= 0.6 is 0 Å². The number of unbranched alkanes of at least 4 members (excludes halogenated alkanes) is 1. The van der Waals surface area contributed by atoms with E-state index in [1.807, 2.05) is 30.4 Å². The maximum absolute atomic E-state index is 9.80. The average molecular weight is 236 g/mol. The van der Waals surface area contributed by atoms with Crippen molar-refractivity contribution in [2.75, 3.05) is 6.61 Å². The first kappa shape index (κ1) is 14.2. The van der Waals surface area contributed by atoms with Gasteiger partial charge in [0, 0.05) is 0 Å². The second-order valence-corrected chi connectivity index (χ2v) is 4.69. The molecule has 1 saturated heterocycles. The molecule has 0 aromatic heterocycles. The van der Waals surface area contributed by atoms with E-state index in [0.29, 0.717) is 5.92 Å². The Hall–Kier alpha value is -0.860. The molecule has 0 unspecified atom stereocenters. The van der Waals surface area contributed by atoms with E-state index in [9.17, 15) is 5.11 Å². The molecule has 0 aromatic rings. The lowest BCUT2D eigenvalue weighted by Gasteiger charge is -2.29. The van der Waals surface area contributed by atoms with Gasteiger partial charge in [-0.2, -0.15) is 0 Å².